The van der Waals surface area contributed by atoms with Gasteiger partial charge in [0.25, 0.3) is 0 Å². The zero-order valence-corrected chi connectivity index (χ0v) is 12.7. The summed E-state index contributed by atoms with van der Waals surface area (Å²) in [7, 11) is 0. The molecular formula is C13H13BrClN3. The number of hydrogen-bond acceptors (Lipinski definition) is 3. The van der Waals surface area contributed by atoms with Crippen molar-refractivity contribution in [1.82, 2.24) is 10.2 Å². The third-order valence-corrected chi connectivity index (χ3v) is 4.13. The summed E-state index contributed by atoms with van der Waals surface area (Å²) < 4.78 is 1.09. The van der Waals surface area contributed by atoms with E-state index in [2.05, 4.69) is 37.5 Å². The van der Waals surface area contributed by atoms with E-state index in [1.807, 2.05) is 32.9 Å². The Morgan fingerprint density at radius 2 is 1.83 bits per heavy atom. The van der Waals surface area contributed by atoms with Gasteiger partial charge < -0.3 is 5.32 Å². The van der Waals surface area contributed by atoms with Crippen molar-refractivity contribution in [2.24, 2.45) is 0 Å². The molecule has 0 amide bonds. The first-order valence-corrected chi connectivity index (χ1v) is 6.68. The van der Waals surface area contributed by atoms with Gasteiger partial charge in [0.1, 0.15) is 0 Å². The second-order valence-electron chi connectivity index (χ2n) is 4.18. The summed E-state index contributed by atoms with van der Waals surface area (Å²) in [4.78, 5) is 0. The molecule has 0 atom stereocenters. The first-order chi connectivity index (χ1) is 8.49. The van der Waals surface area contributed by atoms with Crippen LogP contribution in [0.3, 0.4) is 0 Å². The summed E-state index contributed by atoms with van der Waals surface area (Å²) in [6.45, 7) is 5.95. The molecule has 2 rings (SSSR count). The van der Waals surface area contributed by atoms with Gasteiger partial charge in [-0.05, 0) is 55.7 Å². The molecule has 1 aromatic carbocycles. The van der Waals surface area contributed by atoms with E-state index >= 15 is 0 Å². The SMILES string of the molecule is Cc1cc(Nc2nnc(Cl)c(C)c2C)ccc1Br. The Labute approximate surface area is 120 Å². The van der Waals surface area contributed by atoms with Crippen molar-refractivity contribution in [2.75, 3.05) is 5.32 Å². The Bertz CT molecular complexity index is 599. The molecule has 0 aliphatic rings. The first-order valence-electron chi connectivity index (χ1n) is 5.51. The largest absolute Gasteiger partial charge is 0.338 e. The van der Waals surface area contributed by atoms with Crippen LogP contribution in [0.15, 0.2) is 22.7 Å². The van der Waals surface area contributed by atoms with Crippen molar-refractivity contribution in [3.05, 3.63) is 44.5 Å². The highest BCUT2D eigenvalue weighted by Gasteiger charge is 2.08. The molecule has 0 spiro atoms. The average molecular weight is 327 g/mol. The van der Waals surface area contributed by atoms with Crippen molar-refractivity contribution in [1.29, 1.82) is 0 Å². The Balaban J connectivity index is 2.34. The minimum Gasteiger partial charge on any atom is -0.338 e. The molecule has 0 bridgehead atoms. The molecular weight excluding hydrogens is 314 g/mol. The van der Waals surface area contributed by atoms with Crippen LogP contribution in [0.25, 0.3) is 0 Å². The summed E-state index contributed by atoms with van der Waals surface area (Å²) in [5.41, 5.74) is 4.10. The minimum absolute atomic E-state index is 0.449. The number of nitrogens with zero attached hydrogens (tertiary/aromatic N) is 2. The molecule has 0 aliphatic heterocycles. The molecule has 94 valence electrons. The predicted molar refractivity (Wildman–Crippen MR) is 78.7 cm³/mol. The quantitative estimate of drug-likeness (QED) is 0.879. The summed E-state index contributed by atoms with van der Waals surface area (Å²) in [6.07, 6.45) is 0. The third-order valence-electron chi connectivity index (χ3n) is 2.89. The van der Waals surface area contributed by atoms with E-state index < -0.39 is 0 Å². The third kappa shape index (κ3) is 2.65. The summed E-state index contributed by atoms with van der Waals surface area (Å²) in [5.74, 6) is 0.735. The van der Waals surface area contributed by atoms with Crippen molar-refractivity contribution >= 4 is 39.0 Å². The van der Waals surface area contributed by atoms with Crippen LogP contribution in [-0.2, 0) is 0 Å². The Morgan fingerprint density at radius 3 is 2.50 bits per heavy atom. The molecule has 1 aromatic heterocycles. The lowest BCUT2D eigenvalue weighted by Crippen LogP contribution is -2.01. The van der Waals surface area contributed by atoms with Crippen LogP contribution in [-0.4, -0.2) is 10.2 Å². The van der Waals surface area contributed by atoms with Gasteiger partial charge in [0.15, 0.2) is 11.0 Å². The lowest BCUT2D eigenvalue weighted by molar-refractivity contribution is 1.00. The summed E-state index contributed by atoms with van der Waals surface area (Å²) >= 11 is 9.40. The molecule has 0 radical (unpaired) electrons. The van der Waals surface area contributed by atoms with E-state index in [4.69, 9.17) is 11.6 Å². The highest BCUT2D eigenvalue weighted by atomic mass is 79.9. The van der Waals surface area contributed by atoms with E-state index in [-0.39, 0.29) is 0 Å². The smallest absolute Gasteiger partial charge is 0.156 e. The fourth-order valence-electron chi connectivity index (χ4n) is 1.55. The van der Waals surface area contributed by atoms with Gasteiger partial charge in [0.2, 0.25) is 0 Å². The Morgan fingerprint density at radius 1 is 1.11 bits per heavy atom. The topological polar surface area (TPSA) is 37.8 Å². The maximum Gasteiger partial charge on any atom is 0.156 e. The Hall–Kier alpha value is -1.13. The van der Waals surface area contributed by atoms with Crippen LogP contribution in [0.2, 0.25) is 5.15 Å². The van der Waals surface area contributed by atoms with E-state index in [1.165, 1.54) is 0 Å². The van der Waals surface area contributed by atoms with Gasteiger partial charge in [-0.25, -0.2) is 0 Å². The molecule has 18 heavy (non-hydrogen) atoms. The average Bonchev–Trinajstić information content (AvgIpc) is 2.34. The van der Waals surface area contributed by atoms with Gasteiger partial charge in [-0.1, -0.05) is 27.5 Å². The van der Waals surface area contributed by atoms with Gasteiger partial charge in [-0.3, -0.25) is 0 Å². The monoisotopic (exact) mass is 325 g/mol. The highest BCUT2D eigenvalue weighted by molar-refractivity contribution is 9.10. The van der Waals surface area contributed by atoms with Crippen LogP contribution < -0.4 is 5.32 Å². The van der Waals surface area contributed by atoms with Crippen LogP contribution >= 0.6 is 27.5 Å². The number of benzene rings is 1. The molecule has 0 saturated carbocycles. The van der Waals surface area contributed by atoms with Crippen LogP contribution in [0.4, 0.5) is 11.5 Å². The normalized spacial score (nSPS) is 10.5. The lowest BCUT2D eigenvalue weighted by Gasteiger charge is -2.11. The van der Waals surface area contributed by atoms with E-state index in [0.717, 1.165) is 32.7 Å². The second kappa shape index (κ2) is 5.24. The number of aromatic nitrogens is 2. The van der Waals surface area contributed by atoms with Crippen molar-refractivity contribution in [2.45, 2.75) is 20.8 Å². The number of aryl methyl sites for hydroxylation is 1. The molecule has 1 N–H and O–H groups in total. The molecule has 3 nitrogen and oxygen atoms in total. The second-order valence-corrected chi connectivity index (χ2v) is 5.39. The standard InChI is InChI=1S/C13H13BrClN3/c1-7-6-10(4-5-11(7)14)16-13-9(3)8(2)12(15)17-18-13/h4-6H,1-3H3,(H,16,18). The van der Waals surface area contributed by atoms with Crippen molar-refractivity contribution in [3.8, 4) is 0 Å². The summed E-state index contributed by atoms with van der Waals surface area (Å²) in [6, 6.07) is 6.04. The first kappa shape index (κ1) is 13.3. The highest BCUT2D eigenvalue weighted by Crippen LogP contribution is 2.26. The van der Waals surface area contributed by atoms with E-state index in [0.29, 0.717) is 5.15 Å². The van der Waals surface area contributed by atoms with Crippen molar-refractivity contribution < 1.29 is 0 Å². The van der Waals surface area contributed by atoms with Crippen LogP contribution in [0.5, 0.6) is 0 Å². The number of halogens is 2. The minimum atomic E-state index is 0.449. The van der Waals surface area contributed by atoms with Crippen LogP contribution in [0, 0.1) is 20.8 Å². The Kier molecular flexibility index (Phi) is 3.88. The molecule has 2 aromatic rings. The number of rotatable bonds is 2. The van der Waals surface area contributed by atoms with Gasteiger partial charge in [0.05, 0.1) is 0 Å². The van der Waals surface area contributed by atoms with Gasteiger partial charge in [-0.15, -0.1) is 10.2 Å². The zero-order chi connectivity index (χ0) is 13.3. The summed E-state index contributed by atoms with van der Waals surface area (Å²) in [5, 5.41) is 11.7. The van der Waals surface area contributed by atoms with Gasteiger partial charge in [-0.2, -0.15) is 0 Å². The number of hydrogen-bond donors (Lipinski definition) is 1. The maximum absolute atomic E-state index is 5.93. The van der Waals surface area contributed by atoms with Gasteiger partial charge >= 0.3 is 0 Å². The predicted octanol–water partition coefficient (Wildman–Crippen LogP) is 4.56. The van der Waals surface area contributed by atoms with Crippen molar-refractivity contribution in [3.63, 3.8) is 0 Å². The lowest BCUT2D eigenvalue weighted by atomic mass is 10.2. The zero-order valence-electron chi connectivity index (χ0n) is 10.4. The van der Waals surface area contributed by atoms with E-state index in [9.17, 15) is 0 Å². The molecule has 5 heteroatoms. The number of nitrogens with one attached hydrogen (secondary N) is 1. The van der Waals surface area contributed by atoms with Gasteiger partial charge in [0, 0.05) is 10.2 Å². The fraction of sp³-hybridized carbons (Fsp3) is 0.231. The fourth-order valence-corrected chi connectivity index (χ4v) is 1.98. The van der Waals surface area contributed by atoms with Crippen LogP contribution in [0.1, 0.15) is 16.7 Å². The molecule has 0 unspecified atom stereocenters. The molecule has 1 heterocycles. The molecule has 0 aliphatic carbocycles. The molecule has 0 saturated heterocycles. The van der Waals surface area contributed by atoms with E-state index in [1.54, 1.807) is 0 Å². The number of anilines is 2. The maximum atomic E-state index is 5.93. The molecule has 0 fully saturated rings.